The van der Waals surface area contributed by atoms with Gasteiger partial charge in [-0.3, -0.25) is 0 Å². The van der Waals surface area contributed by atoms with Crippen LogP contribution in [-0.2, 0) is 6.42 Å². The zero-order valence-corrected chi connectivity index (χ0v) is 15.7. The highest BCUT2D eigenvalue weighted by Crippen LogP contribution is 2.54. The lowest BCUT2D eigenvalue weighted by Gasteiger charge is -2.41. The van der Waals surface area contributed by atoms with Gasteiger partial charge in [0, 0.05) is 23.0 Å². The number of halogens is 1. The van der Waals surface area contributed by atoms with Gasteiger partial charge >= 0.3 is 0 Å². The van der Waals surface area contributed by atoms with Gasteiger partial charge in [0.1, 0.15) is 27.5 Å². The fourth-order valence-electron chi connectivity index (χ4n) is 3.85. The van der Waals surface area contributed by atoms with Crippen LogP contribution in [-0.4, -0.2) is 0 Å². The molecule has 0 bridgehead atoms. The maximum absolute atomic E-state index is 6.29. The molecule has 5 rings (SSSR count). The SMILES string of the molecule is CC1(C)C2=Cc3ccccc3OC2=C(Br)C2=C1Cc1ccccc1O2. The van der Waals surface area contributed by atoms with Crippen LogP contribution in [0.15, 0.2) is 75.7 Å². The third-order valence-corrected chi connectivity index (χ3v) is 6.05. The molecule has 0 atom stereocenters. The maximum atomic E-state index is 6.29. The van der Waals surface area contributed by atoms with Crippen molar-refractivity contribution < 1.29 is 9.47 Å². The molecular weight excluding hydrogens is 376 g/mol. The molecule has 0 spiro atoms. The Bertz CT molecular complexity index is 1010. The van der Waals surface area contributed by atoms with E-state index in [1.165, 1.54) is 16.7 Å². The van der Waals surface area contributed by atoms with Crippen molar-refractivity contribution in [2.75, 3.05) is 0 Å². The summed E-state index contributed by atoms with van der Waals surface area (Å²) >= 11 is 3.76. The predicted molar refractivity (Wildman–Crippen MR) is 103 cm³/mol. The third kappa shape index (κ3) is 2.09. The summed E-state index contributed by atoms with van der Waals surface area (Å²) in [6.45, 7) is 4.50. The van der Waals surface area contributed by atoms with Crippen LogP contribution < -0.4 is 9.47 Å². The number of rotatable bonds is 0. The van der Waals surface area contributed by atoms with Crippen LogP contribution in [0.3, 0.4) is 0 Å². The molecule has 2 heterocycles. The molecule has 124 valence electrons. The van der Waals surface area contributed by atoms with Gasteiger partial charge in [-0.15, -0.1) is 0 Å². The van der Waals surface area contributed by atoms with Gasteiger partial charge in [-0.1, -0.05) is 50.2 Å². The van der Waals surface area contributed by atoms with Crippen LogP contribution in [0.2, 0.25) is 0 Å². The van der Waals surface area contributed by atoms with E-state index in [1.54, 1.807) is 0 Å². The summed E-state index contributed by atoms with van der Waals surface area (Å²) < 4.78 is 13.5. The summed E-state index contributed by atoms with van der Waals surface area (Å²) in [4.78, 5) is 0. The molecule has 0 saturated heterocycles. The van der Waals surface area contributed by atoms with Gasteiger partial charge in [0.15, 0.2) is 0 Å². The van der Waals surface area contributed by atoms with Crippen LogP contribution >= 0.6 is 15.9 Å². The molecule has 2 aliphatic heterocycles. The second-order valence-electron chi connectivity index (χ2n) is 7.16. The molecule has 0 amide bonds. The van der Waals surface area contributed by atoms with Crippen molar-refractivity contribution in [2.24, 2.45) is 5.41 Å². The summed E-state index contributed by atoms with van der Waals surface area (Å²) in [6.07, 6.45) is 3.14. The van der Waals surface area contributed by atoms with Crippen molar-refractivity contribution in [3.63, 3.8) is 0 Å². The minimum Gasteiger partial charge on any atom is -0.456 e. The van der Waals surface area contributed by atoms with E-state index in [-0.39, 0.29) is 5.41 Å². The first-order chi connectivity index (χ1) is 12.1. The van der Waals surface area contributed by atoms with Crippen molar-refractivity contribution >= 4 is 22.0 Å². The third-order valence-electron chi connectivity index (χ3n) is 5.33. The first kappa shape index (κ1) is 15.0. The Kier molecular flexibility index (Phi) is 3.08. The van der Waals surface area contributed by atoms with E-state index < -0.39 is 0 Å². The zero-order valence-electron chi connectivity index (χ0n) is 14.1. The van der Waals surface area contributed by atoms with Crippen LogP contribution in [0.5, 0.6) is 11.5 Å². The van der Waals surface area contributed by atoms with E-state index in [1.807, 2.05) is 30.3 Å². The Hall–Kier alpha value is -2.26. The number of fused-ring (bicyclic) bond motifs is 3. The average molecular weight is 393 g/mol. The molecule has 2 aromatic rings. The summed E-state index contributed by atoms with van der Waals surface area (Å²) in [7, 11) is 0. The number of hydrogen-bond acceptors (Lipinski definition) is 2. The van der Waals surface area contributed by atoms with Gasteiger partial charge in [-0.2, -0.15) is 0 Å². The number of hydrogen-bond donors (Lipinski definition) is 0. The molecule has 25 heavy (non-hydrogen) atoms. The van der Waals surface area contributed by atoms with E-state index in [0.717, 1.165) is 39.5 Å². The topological polar surface area (TPSA) is 18.5 Å². The van der Waals surface area contributed by atoms with E-state index >= 15 is 0 Å². The predicted octanol–water partition coefficient (Wildman–Crippen LogP) is 6.00. The van der Waals surface area contributed by atoms with Crippen molar-refractivity contribution in [1.82, 2.24) is 0 Å². The first-order valence-corrected chi connectivity index (χ1v) is 9.24. The lowest BCUT2D eigenvalue weighted by atomic mass is 9.69. The molecule has 1 aliphatic carbocycles. The van der Waals surface area contributed by atoms with Crippen LogP contribution in [0.25, 0.3) is 6.08 Å². The first-order valence-electron chi connectivity index (χ1n) is 8.44. The number of ether oxygens (including phenoxy) is 2. The maximum Gasteiger partial charge on any atom is 0.149 e. The van der Waals surface area contributed by atoms with E-state index in [0.29, 0.717) is 0 Å². The number of benzene rings is 2. The van der Waals surface area contributed by atoms with Gasteiger partial charge in [0.05, 0.1) is 0 Å². The average Bonchev–Trinajstić information content (AvgIpc) is 2.64. The Labute approximate surface area is 155 Å². The van der Waals surface area contributed by atoms with Crippen LogP contribution in [0.1, 0.15) is 25.0 Å². The minimum atomic E-state index is -0.164. The standard InChI is InChI=1S/C22H17BrO2/c1-22(2)15-11-13-7-3-5-9-17(13)24-20(15)19(23)21-16(22)12-14-8-4-6-10-18(14)25-21/h3-11H,12H2,1-2H3. The summed E-state index contributed by atoms with van der Waals surface area (Å²) in [5.41, 5.74) is 4.67. The van der Waals surface area contributed by atoms with Crippen LogP contribution in [0, 0.1) is 5.41 Å². The monoisotopic (exact) mass is 392 g/mol. The highest BCUT2D eigenvalue weighted by Gasteiger charge is 2.44. The fraction of sp³-hybridized carbons (Fsp3) is 0.182. The highest BCUT2D eigenvalue weighted by molar-refractivity contribution is 9.12. The van der Waals surface area contributed by atoms with E-state index in [9.17, 15) is 0 Å². The molecule has 3 heteroatoms. The lowest BCUT2D eigenvalue weighted by molar-refractivity contribution is 0.337. The largest absolute Gasteiger partial charge is 0.456 e. The van der Waals surface area contributed by atoms with Crippen molar-refractivity contribution in [2.45, 2.75) is 20.3 Å². The van der Waals surface area contributed by atoms with Crippen LogP contribution in [0.4, 0.5) is 0 Å². The van der Waals surface area contributed by atoms with Crippen molar-refractivity contribution in [3.8, 4) is 11.5 Å². The second-order valence-corrected chi connectivity index (χ2v) is 7.95. The highest BCUT2D eigenvalue weighted by atomic mass is 79.9. The van der Waals surface area contributed by atoms with Gasteiger partial charge in [0.25, 0.3) is 0 Å². The molecule has 0 saturated carbocycles. The number of para-hydroxylation sites is 2. The van der Waals surface area contributed by atoms with Gasteiger partial charge < -0.3 is 9.47 Å². The molecule has 0 N–H and O–H groups in total. The van der Waals surface area contributed by atoms with E-state index in [4.69, 9.17) is 9.47 Å². The Balaban J connectivity index is 1.72. The molecule has 3 aliphatic rings. The molecule has 0 unspecified atom stereocenters. The van der Waals surface area contributed by atoms with Gasteiger partial charge in [-0.05, 0) is 45.3 Å². The van der Waals surface area contributed by atoms with Crippen molar-refractivity contribution in [1.29, 1.82) is 0 Å². The Morgan fingerprint density at radius 1 is 0.880 bits per heavy atom. The normalized spacial score (nSPS) is 19.7. The van der Waals surface area contributed by atoms with Gasteiger partial charge in [-0.25, -0.2) is 0 Å². The van der Waals surface area contributed by atoms with Gasteiger partial charge in [0.2, 0.25) is 0 Å². The summed E-state index contributed by atoms with van der Waals surface area (Å²) in [5, 5.41) is 0. The Morgan fingerprint density at radius 3 is 2.40 bits per heavy atom. The summed E-state index contributed by atoms with van der Waals surface area (Å²) in [5.74, 6) is 3.57. The van der Waals surface area contributed by atoms with Crippen molar-refractivity contribution in [3.05, 3.63) is 86.8 Å². The Morgan fingerprint density at radius 2 is 1.56 bits per heavy atom. The summed E-state index contributed by atoms with van der Waals surface area (Å²) in [6, 6.07) is 16.4. The molecule has 0 radical (unpaired) electrons. The molecular formula is C22H17BrO2. The fourth-order valence-corrected chi connectivity index (χ4v) is 4.46. The smallest absolute Gasteiger partial charge is 0.149 e. The lowest BCUT2D eigenvalue weighted by Crippen LogP contribution is -2.32. The number of allylic oxidation sites excluding steroid dienone is 3. The minimum absolute atomic E-state index is 0.164. The molecule has 2 nitrogen and oxygen atoms in total. The quantitative estimate of drug-likeness (QED) is 0.547. The van der Waals surface area contributed by atoms with E-state index in [2.05, 4.69) is 54.1 Å². The molecule has 2 aromatic carbocycles. The zero-order chi connectivity index (χ0) is 17.2. The molecule has 0 aromatic heterocycles. The second kappa shape index (κ2) is 5.12. The molecule has 0 fully saturated rings.